The first-order chi connectivity index (χ1) is 6.59. The molecule has 0 spiro atoms. The Balaban J connectivity index is 2.06. The van der Waals surface area contributed by atoms with Crippen molar-refractivity contribution in [2.24, 2.45) is 5.92 Å². The lowest BCUT2D eigenvalue weighted by Crippen LogP contribution is -2.33. The van der Waals surface area contributed by atoms with E-state index in [0.29, 0.717) is 12.5 Å². The third kappa shape index (κ3) is 4.61. The fourth-order valence-corrected chi connectivity index (χ4v) is 1.45. The van der Waals surface area contributed by atoms with Crippen LogP contribution in [0, 0.1) is 5.92 Å². The van der Waals surface area contributed by atoms with E-state index in [1.165, 1.54) is 12.8 Å². The van der Waals surface area contributed by atoms with E-state index in [1.807, 2.05) is 11.9 Å². The molecule has 3 heteroatoms. The maximum Gasteiger partial charge on any atom is 0.223 e. The molecule has 1 rings (SSSR count). The number of nitrogens with zero attached hydrogens (tertiary/aromatic N) is 1. The topological polar surface area (TPSA) is 32.3 Å². The lowest BCUT2D eigenvalue weighted by molar-refractivity contribution is -0.130. The minimum absolute atomic E-state index is 0.269. The van der Waals surface area contributed by atoms with Gasteiger partial charge in [0, 0.05) is 32.6 Å². The van der Waals surface area contributed by atoms with Gasteiger partial charge < -0.3 is 10.2 Å². The highest BCUT2D eigenvalue weighted by atomic mass is 16.2. The predicted octanol–water partition coefficient (Wildman–Crippen LogP) is 1.24. The summed E-state index contributed by atoms with van der Waals surface area (Å²) in [5, 5.41) is 3.25. The Morgan fingerprint density at radius 2 is 2.14 bits per heavy atom. The molecule has 1 amide bonds. The summed E-state index contributed by atoms with van der Waals surface area (Å²) in [5.74, 6) is 1.06. The summed E-state index contributed by atoms with van der Waals surface area (Å²) in [5.41, 5.74) is 0. The van der Waals surface area contributed by atoms with Crippen LogP contribution in [0.2, 0.25) is 0 Å². The van der Waals surface area contributed by atoms with E-state index in [2.05, 4.69) is 19.2 Å². The van der Waals surface area contributed by atoms with Crippen LogP contribution in [0.4, 0.5) is 0 Å². The van der Waals surface area contributed by atoms with Gasteiger partial charge in [-0.3, -0.25) is 4.79 Å². The third-order valence-electron chi connectivity index (χ3n) is 2.55. The molecule has 3 nitrogen and oxygen atoms in total. The van der Waals surface area contributed by atoms with Gasteiger partial charge in [-0.25, -0.2) is 0 Å². The highest BCUT2D eigenvalue weighted by Gasteiger charge is 2.24. The average Bonchev–Trinajstić information content (AvgIpc) is 2.87. The van der Waals surface area contributed by atoms with Crippen LogP contribution in [0.3, 0.4) is 0 Å². The van der Waals surface area contributed by atoms with Crippen LogP contribution in [0.5, 0.6) is 0 Å². The molecule has 0 atom stereocenters. The van der Waals surface area contributed by atoms with Gasteiger partial charge in [-0.2, -0.15) is 0 Å². The van der Waals surface area contributed by atoms with Gasteiger partial charge in [0.25, 0.3) is 0 Å². The van der Waals surface area contributed by atoms with Gasteiger partial charge in [0.1, 0.15) is 0 Å². The van der Waals surface area contributed by atoms with Crippen LogP contribution in [0.15, 0.2) is 0 Å². The van der Waals surface area contributed by atoms with Crippen molar-refractivity contribution in [3.05, 3.63) is 0 Å². The van der Waals surface area contributed by atoms with E-state index in [0.717, 1.165) is 19.0 Å². The molecular weight excluding hydrogens is 176 g/mol. The second kappa shape index (κ2) is 5.35. The summed E-state index contributed by atoms with van der Waals surface area (Å²) in [6.45, 7) is 5.95. The van der Waals surface area contributed by atoms with Crippen molar-refractivity contribution in [3.8, 4) is 0 Å². The summed E-state index contributed by atoms with van der Waals surface area (Å²) < 4.78 is 0. The average molecular weight is 198 g/mol. The van der Waals surface area contributed by atoms with Crippen LogP contribution in [0.25, 0.3) is 0 Å². The number of nitrogens with one attached hydrogen (secondary N) is 1. The predicted molar refractivity (Wildman–Crippen MR) is 58.1 cm³/mol. The van der Waals surface area contributed by atoms with Crippen molar-refractivity contribution in [1.82, 2.24) is 10.2 Å². The zero-order valence-electron chi connectivity index (χ0n) is 9.55. The summed E-state index contributed by atoms with van der Waals surface area (Å²) in [6, 6.07) is 0.469. The van der Waals surface area contributed by atoms with E-state index in [-0.39, 0.29) is 5.91 Å². The van der Waals surface area contributed by atoms with Gasteiger partial charge in [-0.15, -0.1) is 0 Å². The number of carbonyl (C=O) groups excluding carboxylic acids is 1. The quantitative estimate of drug-likeness (QED) is 0.696. The van der Waals surface area contributed by atoms with Crippen molar-refractivity contribution in [2.75, 3.05) is 20.1 Å². The van der Waals surface area contributed by atoms with E-state index in [9.17, 15) is 4.79 Å². The van der Waals surface area contributed by atoms with Gasteiger partial charge in [0.15, 0.2) is 0 Å². The SMILES string of the molecule is CC(C)NCCC(=O)N(C)CC1CC1. The van der Waals surface area contributed by atoms with E-state index < -0.39 is 0 Å². The van der Waals surface area contributed by atoms with E-state index in [4.69, 9.17) is 0 Å². The van der Waals surface area contributed by atoms with Gasteiger partial charge in [-0.1, -0.05) is 13.8 Å². The molecule has 1 aliphatic carbocycles. The molecule has 0 aromatic carbocycles. The van der Waals surface area contributed by atoms with Crippen molar-refractivity contribution in [1.29, 1.82) is 0 Å². The largest absolute Gasteiger partial charge is 0.345 e. The minimum atomic E-state index is 0.269. The normalized spacial score (nSPS) is 16.0. The standard InChI is InChI=1S/C11H22N2O/c1-9(2)12-7-6-11(14)13(3)8-10-4-5-10/h9-10,12H,4-8H2,1-3H3. The third-order valence-corrected chi connectivity index (χ3v) is 2.55. The molecule has 0 unspecified atom stereocenters. The molecule has 0 aromatic rings. The van der Waals surface area contributed by atoms with Gasteiger partial charge in [0.05, 0.1) is 0 Å². The molecule has 0 saturated heterocycles. The number of amides is 1. The molecule has 0 bridgehead atoms. The second-order valence-corrected chi connectivity index (χ2v) is 4.58. The van der Waals surface area contributed by atoms with E-state index in [1.54, 1.807) is 0 Å². The molecule has 0 aromatic heterocycles. The van der Waals surface area contributed by atoms with Crippen LogP contribution in [0.1, 0.15) is 33.1 Å². The Labute approximate surface area is 86.9 Å². The van der Waals surface area contributed by atoms with Crippen molar-refractivity contribution in [3.63, 3.8) is 0 Å². The Kier molecular flexibility index (Phi) is 4.39. The summed E-state index contributed by atoms with van der Waals surface area (Å²) in [6.07, 6.45) is 3.24. The van der Waals surface area contributed by atoms with E-state index >= 15 is 0 Å². The number of rotatable bonds is 6. The second-order valence-electron chi connectivity index (χ2n) is 4.58. The zero-order chi connectivity index (χ0) is 10.6. The van der Waals surface area contributed by atoms with Gasteiger partial charge in [-0.05, 0) is 18.8 Å². The number of hydrogen-bond donors (Lipinski definition) is 1. The molecule has 14 heavy (non-hydrogen) atoms. The molecule has 1 saturated carbocycles. The minimum Gasteiger partial charge on any atom is -0.345 e. The summed E-state index contributed by atoms with van der Waals surface area (Å²) >= 11 is 0. The fraction of sp³-hybridized carbons (Fsp3) is 0.909. The van der Waals surface area contributed by atoms with Crippen molar-refractivity contribution in [2.45, 2.75) is 39.2 Å². The highest BCUT2D eigenvalue weighted by molar-refractivity contribution is 5.76. The van der Waals surface area contributed by atoms with Gasteiger partial charge >= 0.3 is 0 Å². The molecule has 0 aliphatic heterocycles. The first kappa shape index (κ1) is 11.5. The Morgan fingerprint density at radius 3 is 2.64 bits per heavy atom. The first-order valence-corrected chi connectivity index (χ1v) is 5.57. The molecule has 1 aliphatic rings. The fourth-order valence-electron chi connectivity index (χ4n) is 1.45. The smallest absolute Gasteiger partial charge is 0.223 e. The summed E-state index contributed by atoms with van der Waals surface area (Å²) in [4.78, 5) is 13.4. The first-order valence-electron chi connectivity index (χ1n) is 5.57. The molecule has 1 fully saturated rings. The Bertz CT molecular complexity index is 188. The Morgan fingerprint density at radius 1 is 1.50 bits per heavy atom. The lowest BCUT2D eigenvalue weighted by Gasteiger charge is -2.17. The lowest BCUT2D eigenvalue weighted by atomic mass is 10.3. The molecular formula is C11H22N2O. The van der Waals surface area contributed by atoms with Crippen LogP contribution in [-0.4, -0.2) is 37.0 Å². The summed E-state index contributed by atoms with van der Waals surface area (Å²) in [7, 11) is 1.91. The van der Waals surface area contributed by atoms with Crippen molar-refractivity contribution >= 4 is 5.91 Å². The molecule has 0 heterocycles. The van der Waals surface area contributed by atoms with Crippen LogP contribution >= 0.6 is 0 Å². The maximum absolute atomic E-state index is 11.6. The Hall–Kier alpha value is -0.570. The zero-order valence-corrected chi connectivity index (χ0v) is 9.55. The highest BCUT2D eigenvalue weighted by Crippen LogP contribution is 2.29. The number of hydrogen-bond acceptors (Lipinski definition) is 2. The van der Waals surface area contributed by atoms with Crippen LogP contribution < -0.4 is 5.32 Å². The maximum atomic E-state index is 11.6. The molecule has 82 valence electrons. The van der Waals surface area contributed by atoms with Gasteiger partial charge in [0.2, 0.25) is 5.91 Å². The van der Waals surface area contributed by atoms with Crippen LogP contribution in [-0.2, 0) is 4.79 Å². The monoisotopic (exact) mass is 198 g/mol. The number of carbonyl (C=O) groups is 1. The molecule has 0 radical (unpaired) electrons. The van der Waals surface area contributed by atoms with Crippen molar-refractivity contribution < 1.29 is 4.79 Å². The molecule has 1 N–H and O–H groups in total.